The third-order valence-electron chi connectivity index (χ3n) is 5.22. The molecule has 2 fully saturated rings. The van der Waals surface area contributed by atoms with Crippen molar-refractivity contribution < 1.29 is 14.0 Å². The number of halogens is 1. The molecule has 1 spiro atoms. The molecule has 1 atom stereocenters. The lowest BCUT2D eigenvalue weighted by Crippen LogP contribution is -2.39. The normalized spacial score (nSPS) is 25.6. The van der Waals surface area contributed by atoms with Crippen molar-refractivity contribution in [3.8, 4) is 0 Å². The Balaban J connectivity index is 1.27. The minimum Gasteiger partial charge on any atom is -0.386 e. The Labute approximate surface area is 151 Å². The minimum atomic E-state index is -0.515. The first-order valence-electron chi connectivity index (χ1n) is 9.12. The molecule has 0 bridgehead atoms. The van der Waals surface area contributed by atoms with Gasteiger partial charge in [0.15, 0.2) is 11.4 Å². The van der Waals surface area contributed by atoms with Gasteiger partial charge in [0.25, 0.3) is 5.91 Å². The first-order chi connectivity index (χ1) is 12.6. The zero-order valence-corrected chi connectivity index (χ0v) is 14.7. The molecule has 2 saturated heterocycles. The summed E-state index contributed by atoms with van der Waals surface area (Å²) in [6.07, 6.45) is 5.98. The molecule has 0 saturated carbocycles. The lowest BCUT2D eigenvalue weighted by atomic mass is 9.96. The summed E-state index contributed by atoms with van der Waals surface area (Å²) < 4.78 is 13.0. The van der Waals surface area contributed by atoms with E-state index in [2.05, 4.69) is 25.3 Å². The van der Waals surface area contributed by atoms with Crippen LogP contribution < -0.4 is 10.2 Å². The van der Waals surface area contributed by atoms with E-state index in [-0.39, 0.29) is 5.91 Å². The Kier molecular flexibility index (Phi) is 4.71. The maximum Gasteiger partial charge on any atom is 0.269 e. The van der Waals surface area contributed by atoms with E-state index >= 15 is 0 Å². The molecule has 1 N–H and O–H groups in total. The molecule has 4 heterocycles. The molecule has 1 aromatic rings. The summed E-state index contributed by atoms with van der Waals surface area (Å²) in [6, 6.07) is 0. The second kappa shape index (κ2) is 7.14. The highest BCUT2D eigenvalue weighted by molar-refractivity contribution is 6.39. The summed E-state index contributed by atoms with van der Waals surface area (Å²) in [5.74, 6) is -0.149. The number of oxime groups is 1. The van der Waals surface area contributed by atoms with Gasteiger partial charge < -0.3 is 20.0 Å². The van der Waals surface area contributed by atoms with Crippen molar-refractivity contribution in [2.75, 3.05) is 44.2 Å². The van der Waals surface area contributed by atoms with Gasteiger partial charge in [-0.25, -0.2) is 14.4 Å². The SMILES string of the molecule is O=C(NCCN1CCCC1)C1=NO[C@@]2(CCN(c3ncc(F)cn3)C2)C1. The minimum absolute atomic E-state index is 0.155. The summed E-state index contributed by atoms with van der Waals surface area (Å²) in [6.45, 7) is 4.95. The predicted molar refractivity (Wildman–Crippen MR) is 93.4 cm³/mol. The molecule has 140 valence electrons. The summed E-state index contributed by atoms with van der Waals surface area (Å²) in [5, 5.41) is 6.96. The van der Waals surface area contributed by atoms with Gasteiger partial charge in [0.2, 0.25) is 5.95 Å². The third-order valence-corrected chi connectivity index (χ3v) is 5.22. The number of hydrogen-bond acceptors (Lipinski definition) is 7. The zero-order chi connectivity index (χ0) is 18.0. The van der Waals surface area contributed by atoms with Gasteiger partial charge in [0.05, 0.1) is 18.9 Å². The maximum absolute atomic E-state index is 13.0. The number of carbonyl (C=O) groups excluding carboxylic acids is 1. The Hall–Kier alpha value is -2.29. The van der Waals surface area contributed by atoms with Crippen LogP contribution in [0.5, 0.6) is 0 Å². The van der Waals surface area contributed by atoms with Crippen molar-refractivity contribution in [2.24, 2.45) is 5.16 Å². The van der Waals surface area contributed by atoms with Crippen LogP contribution in [0.2, 0.25) is 0 Å². The smallest absolute Gasteiger partial charge is 0.269 e. The summed E-state index contributed by atoms with van der Waals surface area (Å²) in [5.41, 5.74) is -0.0763. The van der Waals surface area contributed by atoms with Gasteiger partial charge in [-0.2, -0.15) is 0 Å². The molecule has 1 aromatic heterocycles. The molecule has 3 aliphatic rings. The quantitative estimate of drug-likeness (QED) is 0.824. The lowest BCUT2D eigenvalue weighted by Gasteiger charge is -2.21. The number of nitrogens with one attached hydrogen (secondary N) is 1. The van der Waals surface area contributed by atoms with E-state index in [1.807, 2.05) is 4.90 Å². The van der Waals surface area contributed by atoms with Gasteiger partial charge in [-0.3, -0.25) is 4.79 Å². The fourth-order valence-corrected chi connectivity index (χ4v) is 3.78. The molecular formula is C17H23FN6O2. The van der Waals surface area contributed by atoms with Crippen molar-refractivity contribution in [3.05, 3.63) is 18.2 Å². The largest absolute Gasteiger partial charge is 0.386 e. The fourth-order valence-electron chi connectivity index (χ4n) is 3.78. The average molecular weight is 362 g/mol. The fraction of sp³-hybridized carbons (Fsp3) is 0.647. The molecule has 3 aliphatic heterocycles. The van der Waals surface area contributed by atoms with Crippen molar-refractivity contribution in [1.82, 2.24) is 20.2 Å². The Morgan fingerprint density at radius 3 is 2.81 bits per heavy atom. The lowest BCUT2D eigenvalue weighted by molar-refractivity contribution is -0.114. The van der Waals surface area contributed by atoms with E-state index in [9.17, 15) is 9.18 Å². The van der Waals surface area contributed by atoms with Crippen LogP contribution in [0.15, 0.2) is 17.5 Å². The van der Waals surface area contributed by atoms with Gasteiger partial charge in [-0.1, -0.05) is 5.16 Å². The molecule has 0 aromatic carbocycles. The first-order valence-corrected chi connectivity index (χ1v) is 9.12. The van der Waals surface area contributed by atoms with E-state index in [4.69, 9.17) is 4.84 Å². The number of aromatic nitrogens is 2. The number of hydrogen-bond donors (Lipinski definition) is 1. The van der Waals surface area contributed by atoms with Crippen LogP contribution in [-0.4, -0.2) is 71.4 Å². The van der Waals surface area contributed by atoms with E-state index < -0.39 is 11.4 Å². The van der Waals surface area contributed by atoms with Crippen LogP contribution in [0.4, 0.5) is 10.3 Å². The van der Waals surface area contributed by atoms with Gasteiger partial charge in [0, 0.05) is 32.5 Å². The molecule has 9 heteroatoms. The number of carbonyl (C=O) groups is 1. The molecular weight excluding hydrogens is 339 g/mol. The summed E-state index contributed by atoms with van der Waals surface area (Å²) in [7, 11) is 0. The monoisotopic (exact) mass is 362 g/mol. The topological polar surface area (TPSA) is 83.0 Å². The molecule has 1 amide bonds. The Morgan fingerprint density at radius 1 is 1.27 bits per heavy atom. The maximum atomic E-state index is 13.0. The molecule has 4 rings (SSSR count). The Morgan fingerprint density at radius 2 is 2.04 bits per heavy atom. The number of nitrogens with zero attached hydrogens (tertiary/aromatic N) is 5. The molecule has 0 aliphatic carbocycles. The summed E-state index contributed by atoms with van der Waals surface area (Å²) >= 11 is 0. The van der Waals surface area contributed by atoms with Crippen LogP contribution in [-0.2, 0) is 9.63 Å². The van der Waals surface area contributed by atoms with Crippen molar-refractivity contribution >= 4 is 17.6 Å². The van der Waals surface area contributed by atoms with Crippen LogP contribution in [0.3, 0.4) is 0 Å². The van der Waals surface area contributed by atoms with Crippen molar-refractivity contribution in [3.63, 3.8) is 0 Å². The highest BCUT2D eigenvalue weighted by Gasteiger charge is 2.47. The average Bonchev–Trinajstić information content (AvgIpc) is 3.38. The first kappa shape index (κ1) is 17.1. The number of rotatable bonds is 5. The molecule has 0 radical (unpaired) electrons. The van der Waals surface area contributed by atoms with Crippen LogP contribution in [0.1, 0.15) is 25.7 Å². The van der Waals surface area contributed by atoms with Crippen LogP contribution >= 0.6 is 0 Å². The van der Waals surface area contributed by atoms with E-state index in [1.54, 1.807) is 0 Å². The standard InChI is InChI=1S/C17H23FN6O2/c18-13-10-20-16(21-11-13)24-7-3-17(12-24)9-14(22-26-17)15(25)19-4-8-23-5-1-2-6-23/h10-11H,1-9,12H2,(H,19,25)/t17-/m0/s1. The zero-order valence-electron chi connectivity index (χ0n) is 14.7. The van der Waals surface area contributed by atoms with Gasteiger partial charge in [-0.05, 0) is 25.9 Å². The van der Waals surface area contributed by atoms with Crippen molar-refractivity contribution in [2.45, 2.75) is 31.3 Å². The van der Waals surface area contributed by atoms with E-state index in [0.717, 1.165) is 38.4 Å². The van der Waals surface area contributed by atoms with E-state index in [1.165, 1.54) is 12.8 Å². The molecule has 8 nitrogen and oxygen atoms in total. The van der Waals surface area contributed by atoms with Gasteiger partial charge in [0.1, 0.15) is 5.71 Å². The van der Waals surface area contributed by atoms with Gasteiger partial charge in [-0.15, -0.1) is 0 Å². The van der Waals surface area contributed by atoms with Crippen LogP contribution in [0.25, 0.3) is 0 Å². The predicted octanol–water partition coefficient (Wildman–Crippen LogP) is 0.553. The molecule has 26 heavy (non-hydrogen) atoms. The number of likely N-dealkylation sites (tertiary alicyclic amines) is 1. The van der Waals surface area contributed by atoms with E-state index in [0.29, 0.717) is 37.7 Å². The third kappa shape index (κ3) is 3.62. The highest BCUT2D eigenvalue weighted by atomic mass is 19.1. The van der Waals surface area contributed by atoms with Crippen molar-refractivity contribution in [1.29, 1.82) is 0 Å². The highest BCUT2D eigenvalue weighted by Crippen LogP contribution is 2.35. The summed E-state index contributed by atoms with van der Waals surface area (Å²) in [4.78, 5) is 30.3. The van der Waals surface area contributed by atoms with Crippen LogP contribution in [0, 0.1) is 5.82 Å². The second-order valence-corrected chi connectivity index (χ2v) is 7.17. The molecule has 0 unspecified atom stereocenters. The second-order valence-electron chi connectivity index (χ2n) is 7.17. The Bertz CT molecular complexity index is 691. The number of amides is 1. The number of anilines is 1. The van der Waals surface area contributed by atoms with Gasteiger partial charge >= 0.3 is 0 Å².